The third kappa shape index (κ3) is 5.71. The number of aryl methyl sites for hydroxylation is 1. The van der Waals surface area contributed by atoms with Crippen molar-refractivity contribution in [3.63, 3.8) is 0 Å². The Bertz CT molecular complexity index is 1320. The number of hydrazone groups is 1. The van der Waals surface area contributed by atoms with Gasteiger partial charge in [-0.1, -0.05) is 29.3 Å². The summed E-state index contributed by atoms with van der Waals surface area (Å²) in [5.41, 5.74) is -4.53. The summed E-state index contributed by atoms with van der Waals surface area (Å²) < 4.78 is 170. The van der Waals surface area contributed by atoms with E-state index < -0.39 is 63.9 Å². The molecule has 0 amide bonds. The maximum Gasteiger partial charge on any atom is 0.405 e. The van der Waals surface area contributed by atoms with Crippen molar-refractivity contribution in [2.75, 3.05) is 13.6 Å². The quantitative estimate of drug-likeness (QED) is 0.241. The number of aromatic nitrogens is 1. The molecule has 1 aliphatic carbocycles. The molecule has 1 aromatic carbocycles. The van der Waals surface area contributed by atoms with Crippen LogP contribution in [0.3, 0.4) is 0 Å². The first-order valence-electron chi connectivity index (χ1n) is 10.5. The second-order valence-electron chi connectivity index (χ2n) is 8.39. The van der Waals surface area contributed by atoms with E-state index in [9.17, 15) is 57.1 Å². The van der Waals surface area contributed by atoms with Crippen molar-refractivity contribution < 1.29 is 77.2 Å². The molecule has 0 saturated carbocycles. The Morgan fingerprint density at radius 3 is 2.08 bits per heavy atom. The number of allylic oxidation sites excluding steroid dienone is 2. The van der Waals surface area contributed by atoms with Crippen LogP contribution in [0.2, 0.25) is 0 Å². The fraction of sp³-hybridized carbons (Fsp3) is 0.391. The van der Waals surface area contributed by atoms with Crippen LogP contribution in [-0.4, -0.2) is 53.0 Å². The van der Waals surface area contributed by atoms with Crippen molar-refractivity contribution in [1.82, 2.24) is 9.99 Å². The largest absolute Gasteiger partial charge is 0.405 e. The van der Waals surface area contributed by atoms with Gasteiger partial charge in [0.2, 0.25) is 0 Å². The minimum atomic E-state index is -6.24. The Balaban J connectivity index is 0.000000274. The van der Waals surface area contributed by atoms with Crippen LogP contribution in [0.25, 0.3) is 11.3 Å². The van der Waals surface area contributed by atoms with E-state index in [1.165, 1.54) is 19.3 Å². The van der Waals surface area contributed by atoms with Gasteiger partial charge in [-0.2, -0.15) is 45.6 Å². The zero-order valence-corrected chi connectivity index (χ0v) is 22.2. The predicted octanol–water partition coefficient (Wildman–Crippen LogP) is 7.11. The molecule has 0 bridgehead atoms. The van der Waals surface area contributed by atoms with Crippen molar-refractivity contribution >= 4 is 5.71 Å². The van der Waals surface area contributed by atoms with Gasteiger partial charge in [0.05, 0.1) is 11.6 Å². The molecule has 0 unspecified atom stereocenters. The van der Waals surface area contributed by atoms with E-state index in [0.29, 0.717) is 17.7 Å². The van der Waals surface area contributed by atoms with Gasteiger partial charge in [-0.3, -0.25) is 13.9 Å². The molecule has 0 saturated heterocycles. The van der Waals surface area contributed by atoms with Crippen LogP contribution in [0.4, 0.5) is 57.1 Å². The molecular weight excluding hydrogens is 757 g/mol. The van der Waals surface area contributed by atoms with Gasteiger partial charge < -0.3 is 9.99 Å². The first kappa shape index (κ1) is 33.5. The molecule has 0 atom stereocenters. The summed E-state index contributed by atoms with van der Waals surface area (Å²) in [6.45, 7) is 1.70. The molecule has 2 aromatic rings. The number of halogens is 13. The Labute approximate surface area is 231 Å². The number of benzene rings is 1. The summed E-state index contributed by atoms with van der Waals surface area (Å²) in [5, 5.41) is 4.39. The molecule has 3 nitrogen and oxygen atoms in total. The van der Waals surface area contributed by atoms with E-state index in [-0.39, 0.29) is 38.8 Å². The molecule has 1 aromatic heterocycles. The van der Waals surface area contributed by atoms with E-state index in [2.05, 4.69) is 16.2 Å². The molecule has 1 radical (unpaired) electrons. The van der Waals surface area contributed by atoms with Crippen LogP contribution >= 0.6 is 0 Å². The molecule has 4 rings (SSSR count). The number of hydrogen-bond donors (Lipinski definition) is 0. The minimum absolute atomic E-state index is 0. The third-order valence-corrected chi connectivity index (χ3v) is 5.51. The first-order chi connectivity index (χ1) is 17.6. The first-order valence-corrected chi connectivity index (χ1v) is 10.5. The van der Waals surface area contributed by atoms with Crippen molar-refractivity contribution in [1.29, 1.82) is 0 Å². The number of pyridine rings is 1. The maximum absolute atomic E-state index is 13.8. The van der Waals surface area contributed by atoms with Crippen LogP contribution in [-0.2, 0) is 26.3 Å². The summed E-state index contributed by atoms with van der Waals surface area (Å²) in [5.74, 6) is -26.9. The third-order valence-electron chi connectivity index (χ3n) is 5.51. The second kappa shape index (κ2) is 11.0. The Kier molecular flexibility index (Phi) is 9.18. The fourth-order valence-electron chi connectivity index (χ4n) is 3.49. The maximum atomic E-state index is 13.8. The van der Waals surface area contributed by atoms with Crippen LogP contribution < -0.4 is 0 Å². The van der Waals surface area contributed by atoms with Crippen molar-refractivity contribution in [3.05, 3.63) is 64.9 Å². The molecular formula is C23H14F13IrN3-2. The number of nitrogens with zero attached hydrogens (tertiary/aromatic N) is 3. The fourth-order valence-corrected chi connectivity index (χ4v) is 3.49. The summed E-state index contributed by atoms with van der Waals surface area (Å²) in [7, 11) is 1.29. The van der Waals surface area contributed by atoms with E-state index in [4.69, 9.17) is 0 Å². The average molecular weight is 772 g/mol. The van der Waals surface area contributed by atoms with Gasteiger partial charge in [-0.05, 0) is 18.7 Å². The van der Waals surface area contributed by atoms with Gasteiger partial charge in [-0.25, -0.2) is 8.78 Å². The van der Waals surface area contributed by atoms with Gasteiger partial charge >= 0.3 is 23.9 Å². The van der Waals surface area contributed by atoms with Crippen LogP contribution in [0.1, 0.15) is 17.5 Å². The Hall–Kier alpha value is -2.68. The van der Waals surface area contributed by atoms with E-state index in [1.54, 1.807) is 13.0 Å². The summed E-state index contributed by atoms with van der Waals surface area (Å²) in [4.78, 5) is 3.76. The topological polar surface area (TPSA) is 28.5 Å². The Morgan fingerprint density at radius 1 is 0.975 bits per heavy atom. The van der Waals surface area contributed by atoms with Gasteiger partial charge in [0.25, 0.3) is 5.92 Å². The molecule has 2 aliphatic rings. The Morgan fingerprint density at radius 2 is 1.57 bits per heavy atom. The molecule has 2 heterocycles. The van der Waals surface area contributed by atoms with E-state index in [1.807, 2.05) is 0 Å². The summed E-state index contributed by atoms with van der Waals surface area (Å²) in [6.07, 6.45) is -3.59. The second-order valence-corrected chi connectivity index (χ2v) is 8.39. The van der Waals surface area contributed by atoms with Gasteiger partial charge in [0, 0.05) is 45.5 Å². The van der Waals surface area contributed by atoms with Gasteiger partial charge in [-0.15, -0.1) is 17.7 Å². The van der Waals surface area contributed by atoms with Crippen LogP contribution in [0.15, 0.2) is 35.1 Å². The van der Waals surface area contributed by atoms with E-state index >= 15 is 0 Å². The van der Waals surface area contributed by atoms with E-state index in [0.717, 1.165) is 5.01 Å². The van der Waals surface area contributed by atoms with Crippen molar-refractivity contribution in [2.24, 2.45) is 5.10 Å². The summed E-state index contributed by atoms with van der Waals surface area (Å²) in [6, 6.07) is 5.61. The zero-order valence-electron chi connectivity index (χ0n) is 19.8. The molecule has 0 fully saturated rings. The van der Waals surface area contributed by atoms with Crippen LogP contribution in [0.5, 0.6) is 0 Å². The molecule has 1 aliphatic heterocycles. The molecule has 0 N–H and O–H groups in total. The predicted molar refractivity (Wildman–Crippen MR) is 109 cm³/mol. The number of rotatable bonds is 2. The smallest absolute Gasteiger partial charge is 0.319 e. The minimum Gasteiger partial charge on any atom is -0.319 e. The molecule has 0 spiro atoms. The number of alkyl halides is 11. The molecule has 223 valence electrons. The number of hydrogen-bond acceptors (Lipinski definition) is 3. The monoisotopic (exact) mass is 772 g/mol. The molecule has 17 heteroatoms. The van der Waals surface area contributed by atoms with Gasteiger partial charge in [0.1, 0.15) is 0 Å². The van der Waals surface area contributed by atoms with Gasteiger partial charge in [0.15, 0.2) is 0 Å². The van der Waals surface area contributed by atoms with Crippen molar-refractivity contribution in [2.45, 2.75) is 43.2 Å². The molecule has 40 heavy (non-hydrogen) atoms. The average Bonchev–Trinajstić information content (AvgIpc) is 3.21. The standard InChI is InChI=1S/C13H7F5N.C10H7F8N2.Ir/c1-7-4-5-19-10(6-7)8-2-3-9(14)11(12(8)15)13(16,17)18;1-20-3-2-6(19-20)5-4-7(11,12)9(15,16)10(17,18)8(5,13)14;/h3-6H,1H3;2-3H2,1H3;/q2*-1;. The van der Waals surface area contributed by atoms with Crippen molar-refractivity contribution in [3.8, 4) is 11.3 Å². The normalized spacial score (nSPS) is 20.5. The SMILES string of the molecule is CN1CCC(C2=[C-]C(F)(F)C(F)(F)C(F)(F)C2(F)F)=N1.Cc1ccnc(-c2[c-]cc(F)c(C(F)(F)F)c2F)c1.[Ir]. The summed E-state index contributed by atoms with van der Waals surface area (Å²) >= 11 is 0. The van der Waals surface area contributed by atoms with Crippen LogP contribution in [0, 0.1) is 30.7 Å². The zero-order chi connectivity index (χ0) is 29.8.